The van der Waals surface area contributed by atoms with Gasteiger partial charge in [0.2, 0.25) is 5.91 Å². The van der Waals surface area contributed by atoms with Gasteiger partial charge in [0.25, 0.3) is 0 Å². The monoisotopic (exact) mass is 426 g/mol. The number of hydrogen-bond donors (Lipinski definition) is 1. The molecule has 0 atom stereocenters. The Bertz CT molecular complexity index is 963. The van der Waals surface area contributed by atoms with E-state index in [1.54, 1.807) is 0 Å². The molecular weight excluding hydrogens is 404 g/mol. The Kier molecular flexibility index (Phi) is 6.13. The molecule has 3 aromatic rings. The summed E-state index contributed by atoms with van der Waals surface area (Å²) in [7, 11) is 2.15. The van der Waals surface area contributed by atoms with E-state index in [4.69, 9.17) is 11.6 Å². The first-order chi connectivity index (χ1) is 14.1. The van der Waals surface area contributed by atoms with Gasteiger partial charge in [-0.1, -0.05) is 23.7 Å². The Balaban J connectivity index is 1.33. The highest BCUT2D eigenvalue weighted by molar-refractivity contribution is 7.13. The van der Waals surface area contributed by atoms with Crippen LogP contribution in [0.2, 0.25) is 5.02 Å². The summed E-state index contributed by atoms with van der Waals surface area (Å²) in [4.78, 5) is 21.7. The van der Waals surface area contributed by atoms with E-state index in [0.29, 0.717) is 5.02 Å². The molecule has 0 radical (unpaired) electrons. The Hall–Kier alpha value is -2.41. The van der Waals surface area contributed by atoms with Crippen molar-refractivity contribution in [2.75, 3.05) is 43.4 Å². The second kappa shape index (κ2) is 8.95. The number of carbonyl (C=O) groups is 1. The molecule has 5 nitrogen and oxygen atoms in total. The highest BCUT2D eigenvalue weighted by Gasteiger charge is 2.14. The Morgan fingerprint density at radius 3 is 2.45 bits per heavy atom. The Morgan fingerprint density at radius 1 is 1.07 bits per heavy atom. The van der Waals surface area contributed by atoms with Crippen LogP contribution in [0.4, 0.5) is 11.4 Å². The van der Waals surface area contributed by atoms with Gasteiger partial charge in [-0.2, -0.15) is 0 Å². The molecule has 1 amide bonds. The number of carbonyl (C=O) groups excluding carboxylic acids is 1. The van der Waals surface area contributed by atoms with Crippen LogP contribution in [-0.2, 0) is 11.2 Å². The maximum absolute atomic E-state index is 12.4. The average Bonchev–Trinajstić information content (AvgIpc) is 3.18. The fourth-order valence-corrected chi connectivity index (χ4v) is 4.25. The first-order valence-corrected chi connectivity index (χ1v) is 10.9. The summed E-state index contributed by atoms with van der Waals surface area (Å²) < 4.78 is 0. The van der Waals surface area contributed by atoms with Crippen molar-refractivity contribution in [2.45, 2.75) is 6.42 Å². The van der Waals surface area contributed by atoms with Crippen LogP contribution in [0.15, 0.2) is 53.9 Å². The predicted molar refractivity (Wildman–Crippen MR) is 121 cm³/mol. The first-order valence-electron chi connectivity index (χ1n) is 9.60. The molecule has 2 heterocycles. The number of aromatic nitrogens is 1. The van der Waals surface area contributed by atoms with Crippen LogP contribution in [-0.4, -0.2) is 49.0 Å². The quantitative estimate of drug-likeness (QED) is 0.657. The minimum absolute atomic E-state index is 0.0645. The largest absolute Gasteiger partial charge is 0.369 e. The zero-order valence-electron chi connectivity index (χ0n) is 16.3. The molecule has 7 heteroatoms. The molecule has 1 aliphatic rings. The van der Waals surface area contributed by atoms with Gasteiger partial charge in [-0.15, -0.1) is 11.3 Å². The number of hydrogen-bond acceptors (Lipinski definition) is 5. The van der Waals surface area contributed by atoms with Crippen LogP contribution in [0.1, 0.15) is 5.69 Å². The van der Waals surface area contributed by atoms with Crippen molar-refractivity contribution < 1.29 is 4.79 Å². The van der Waals surface area contributed by atoms with Crippen molar-refractivity contribution in [3.05, 3.63) is 64.6 Å². The lowest BCUT2D eigenvalue weighted by atomic mass is 10.2. The lowest BCUT2D eigenvalue weighted by Crippen LogP contribution is -2.44. The maximum atomic E-state index is 12.4. The molecule has 0 aliphatic carbocycles. The fraction of sp³-hybridized carbons (Fsp3) is 0.273. The summed E-state index contributed by atoms with van der Waals surface area (Å²) in [6.45, 7) is 4.21. The Labute approximate surface area is 179 Å². The van der Waals surface area contributed by atoms with E-state index >= 15 is 0 Å². The lowest BCUT2D eigenvalue weighted by molar-refractivity contribution is -0.115. The smallest absolute Gasteiger partial charge is 0.230 e. The summed E-state index contributed by atoms with van der Waals surface area (Å²) in [5, 5.41) is 6.48. The van der Waals surface area contributed by atoms with Gasteiger partial charge in [0.1, 0.15) is 5.01 Å². The summed E-state index contributed by atoms with van der Waals surface area (Å²) >= 11 is 7.47. The molecule has 1 aliphatic heterocycles. The fourth-order valence-electron chi connectivity index (χ4n) is 3.30. The molecule has 29 heavy (non-hydrogen) atoms. The van der Waals surface area contributed by atoms with Gasteiger partial charge in [-0.05, 0) is 43.4 Å². The van der Waals surface area contributed by atoms with Gasteiger partial charge < -0.3 is 15.1 Å². The zero-order chi connectivity index (χ0) is 20.2. The third-order valence-electron chi connectivity index (χ3n) is 5.00. The van der Waals surface area contributed by atoms with E-state index in [1.165, 1.54) is 17.0 Å². The van der Waals surface area contributed by atoms with E-state index in [2.05, 4.69) is 39.3 Å². The highest BCUT2D eigenvalue weighted by Crippen LogP contribution is 2.25. The molecule has 1 fully saturated rings. The van der Waals surface area contributed by atoms with E-state index in [-0.39, 0.29) is 12.3 Å². The third-order valence-corrected chi connectivity index (χ3v) is 6.20. The molecule has 0 bridgehead atoms. The number of piperazine rings is 1. The second-order valence-electron chi connectivity index (χ2n) is 7.21. The predicted octanol–water partition coefficient (Wildman–Crippen LogP) is 4.40. The van der Waals surface area contributed by atoms with Gasteiger partial charge >= 0.3 is 0 Å². The third kappa shape index (κ3) is 5.15. The molecule has 4 rings (SSSR count). The SMILES string of the molecule is CN1CCN(c2ccc(NC(=O)Cc3csc(-c4ccc(Cl)cc4)n3)cc2)CC1. The number of benzene rings is 2. The normalized spacial score (nSPS) is 14.8. The number of thiazole rings is 1. The molecule has 1 aromatic heterocycles. The van der Waals surface area contributed by atoms with Crippen LogP contribution >= 0.6 is 22.9 Å². The molecule has 150 valence electrons. The van der Waals surface area contributed by atoms with Crippen LogP contribution in [0.3, 0.4) is 0 Å². The molecule has 1 saturated heterocycles. The van der Waals surface area contributed by atoms with E-state index < -0.39 is 0 Å². The number of nitrogens with one attached hydrogen (secondary N) is 1. The van der Waals surface area contributed by atoms with Gasteiger partial charge in [0, 0.05) is 53.5 Å². The van der Waals surface area contributed by atoms with Crippen molar-refractivity contribution >= 4 is 40.2 Å². The van der Waals surface area contributed by atoms with Crippen molar-refractivity contribution in [2.24, 2.45) is 0 Å². The van der Waals surface area contributed by atoms with Gasteiger partial charge in [0.15, 0.2) is 0 Å². The zero-order valence-corrected chi connectivity index (χ0v) is 17.8. The first kappa shape index (κ1) is 19.9. The molecule has 0 unspecified atom stereocenters. The highest BCUT2D eigenvalue weighted by atomic mass is 35.5. The maximum Gasteiger partial charge on any atom is 0.230 e. The van der Waals surface area contributed by atoms with E-state index in [0.717, 1.165) is 48.1 Å². The number of anilines is 2. The van der Waals surface area contributed by atoms with Crippen molar-refractivity contribution in [3.8, 4) is 10.6 Å². The Morgan fingerprint density at radius 2 is 1.76 bits per heavy atom. The number of rotatable bonds is 5. The van der Waals surface area contributed by atoms with Gasteiger partial charge in [-0.25, -0.2) is 4.98 Å². The molecule has 0 saturated carbocycles. The molecular formula is C22H23ClN4OS. The molecule has 1 N–H and O–H groups in total. The summed E-state index contributed by atoms with van der Waals surface area (Å²) in [5.41, 5.74) is 3.78. The lowest BCUT2D eigenvalue weighted by Gasteiger charge is -2.34. The van der Waals surface area contributed by atoms with Crippen LogP contribution in [0.25, 0.3) is 10.6 Å². The van der Waals surface area contributed by atoms with E-state index in [9.17, 15) is 4.79 Å². The topological polar surface area (TPSA) is 48.5 Å². The summed E-state index contributed by atoms with van der Waals surface area (Å²) in [6.07, 6.45) is 0.254. The van der Waals surface area contributed by atoms with Crippen LogP contribution in [0, 0.1) is 0 Å². The number of nitrogens with zero attached hydrogens (tertiary/aromatic N) is 3. The summed E-state index contributed by atoms with van der Waals surface area (Å²) in [5.74, 6) is -0.0645. The molecule has 0 spiro atoms. The van der Waals surface area contributed by atoms with Crippen molar-refractivity contribution in [3.63, 3.8) is 0 Å². The van der Waals surface area contributed by atoms with Crippen molar-refractivity contribution in [1.82, 2.24) is 9.88 Å². The van der Waals surface area contributed by atoms with Crippen LogP contribution in [0.5, 0.6) is 0 Å². The standard InChI is InChI=1S/C22H23ClN4OS/c1-26-10-12-27(13-11-26)20-8-6-18(7-9-20)24-21(28)14-19-15-29-22(25-19)16-2-4-17(23)5-3-16/h2-9,15H,10-14H2,1H3,(H,24,28). The summed E-state index contributed by atoms with van der Waals surface area (Å²) in [6, 6.07) is 15.6. The van der Waals surface area contributed by atoms with E-state index in [1.807, 2.05) is 41.8 Å². The minimum atomic E-state index is -0.0645. The number of halogens is 1. The van der Waals surface area contributed by atoms with Gasteiger partial charge in [-0.3, -0.25) is 4.79 Å². The number of amides is 1. The molecule has 2 aromatic carbocycles. The minimum Gasteiger partial charge on any atom is -0.369 e. The van der Waals surface area contributed by atoms with Crippen LogP contribution < -0.4 is 10.2 Å². The van der Waals surface area contributed by atoms with Gasteiger partial charge in [0.05, 0.1) is 12.1 Å². The average molecular weight is 427 g/mol. The second-order valence-corrected chi connectivity index (χ2v) is 8.51. The number of likely N-dealkylation sites (N-methyl/N-ethyl adjacent to an activating group) is 1. The van der Waals surface area contributed by atoms with Crippen molar-refractivity contribution in [1.29, 1.82) is 0 Å².